The first kappa shape index (κ1) is 27.2. The standard InChI is InChI=1S/C29H23ClFN7O4/c1-16(39)22-14-37(24-7-6-17(10-21(22)24)18-8-9-32-33-12-18)15-26(40)38-13-19(31)11-25(38)27(41)34-29-35-28(42-36-29)20-4-2-3-5-23(20)30/h2-10,12,14,19,25H,11,13,15H2,1H3,(H,34,36,41)/t19-,25?/m1/s1. The molecular weight excluding hydrogens is 565 g/mol. The Morgan fingerprint density at radius 3 is 2.71 bits per heavy atom. The van der Waals surface area contributed by atoms with Gasteiger partial charge in [0, 0.05) is 34.6 Å². The van der Waals surface area contributed by atoms with Crippen molar-refractivity contribution in [2.75, 3.05) is 11.9 Å². The number of likely N-dealkylation sites (tertiary alicyclic amines) is 1. The molecule has 5 aromatic rings. The number of nitrogens with one attached hydrogen (secondary N) is 1. The van der Waals surface area contributed by atoms with Crippen LogP contribution in [0.1, 0.15) is 23.7 Å². The zero-order valence-corrected chi connectivity index (χ0v) is 23.0. The molecule has 2 aromatic carbocycles. The highest BCUT2D eigenvalue weighted by molar-refractivity contribution is 6.33. The van der Waals surface area contributed by atoms with E-state index in [1.807, 2.05) is 18.2 Å². The summed E-state index contributed by atoms with van der Waals surface area (Å²) in [6.07, 6.45) is 3.23. The van der Waals surface area contributed by atoms with Crippen LogP contribution in [0.5, 0.6) is 0 Å². The van der Waals surface area contributed by atoms with Crippen molar-refractivity contribution in [2.24, 2.45) is 0 Å². The Kier molecular flexibility index (Phi) is 7.21. The molecule has 13 heteroatoms. The van der Waals surface area contributed by atoms with Crippen molar-refractivity contribution in [3.05, 3.63) is 77.7 Å². The number of fused-ring (bicyclic) bond motifs is 1. The van der Waals surface area contributed by atoms with Crippen molar-refractivity contribution in [3.8, 4) is 22.6 Å². The van der Waals surface area contributed by atoms with Crippen LogP contribution in [0.15, 0.2) is 71.6 Å². The van der Waals surface area contributed by atoms with Gasteiger partial charge in [0.15, 0.2) is 5.78 Å². The van der Waals surface area contributed by atoms with E-state index in [1.165, 1.54) is 11.8 Å². The van der Waals surface area contributed by atoms with Crippen LogP contribution in [0, 0.1) is 0 Å². The van der Waals surface area contributed by atoms with Crippen molar-refractivity contribution in [2.45, 2.75) is 32.1 Å². The maximum absolute atomic E-state index is 14.6. The summed E-state index contributed by atoms with van der Waals surface area (Å²) in [6, 6.07) is 13.1. The molecule has 1 aliphatic heterocycles. The van der Waals surface area contributed by atoms with Gasteiger partial charge in [0.2, 0.25) is 11.8 Å². The second-order valence-electron chi connectivity index (χ2n) is 9.88. The second-order valence-corrected chi connectivity index (χ2v) is 10.3. The summed E-state index contributed by atoms with van der Waals surface area (Å²) in [5.74, 6) is -1.33. The van der Waals surface area contributed by atoms with Gasteiger partial charge in [-0.05, 0) is 48.0 Å². The van der Waals surface area contributed by atoms with Crippen LogP contribution in [0.4, 0.5) is 10.3 Å². The van der Waals surface area contributed by atoms with E-state index in [4.69, 9.17) is 16.1 Å². The maximum Gasteiger partial charge on any atom is 0.270 e. The molecule has 1 fully saturated rings. The van der Waals surface area contributed by atoms with Crippen LogP contribution >= 0.6 is 11.6 Å². The summed E-state index contributed by atoms with van der Waals surface area (Å²) in [5, 5.41) is 15.0. The van der Waals surface area contributed by atoms with Gasteiger partial charge in [0.05, 0.1) is 29.5 Å². The number of benzene rings is 2. The maximum atomic E-state index is 14.6. The highest BCUT2D eigenvalue weighted by atomic mass is 35.5. The number of anilines is 1. The Labute approximate surface area is 243 Å². The molecule has 2 atom stereocenters. The number of hydrogen-bond donors (Lipinski definition) is 1. The number of carbonyl (C=O) groups is 3. The fraction of sp³-hybridized carbons (Fsp3) is 0.207. The third-order valence-electron chi connectivity index (χ3n) is 7.12. The summed E-state index contributed by atoms with van der Waals surface area (Å²) in [4.78, 5) is 44.4. The monoisotopic (exact) mass is 587 g/mol. The normalized spacial score (nSPS) is 16.6. The van der Waals surface area contributed by atoms with Gasteiger partial charge in [-0.25, -0.2) is 4.39 Å². The van der Waals surface area contributed by atoms with E-state index in [-0.39, 0.29) is 37.1 Å². The third kappa shape index (κ3) is 5.23. The van der Waals surface area contributed by atoms with Crippen LogP contribution < -0.4 is 5.32 Å². The Morgan fingerprint density at radius 1 is 1.12 bits per heavy atom. The average Bonchev–Trinajstić information content (AvgIpc) is 3.71. The number of amides is 2. The Morgan fingerprint density at radius 2 is 1.95 bits per heavy atom. The lowest BCUT2D eigenvalue weighted by atomic mass is 10.0. The molecule has 0 bridgehead atoms. The Bertz CT molecular complexity index is 1820. The average molecular weight is 588 g/mol. The van der Waals surface area contributed by atoms with Gasteiger partial charge in [-0.2, -0.15) is 15.2 Å². The van der Waals surface area contributed by atoms with Crippen LogP contribution in [0.25, 0.3) is 33.5 Å². The van der Waals surface area contributed by atoms with Crippen LogP contribution in [-0.2, 0) is 16.1 Å². The van der Waals surface area contributed by atoms with Gasteiger partial charge in [-0.15, -0.1) is 0 Å². The highest BCUT2D eigenvalue weighted by Crippen LogP contribution is 2.30. The van der Waals surface area contributed by atoms with E-state index in [2.05, 4.69) is 25.7 Å². The molecule has 212 valence electrons. The van der Waals surface area contributed by atoms with Crippen molar-refractivity contribution in [3.63, 3.8) is 0 Å². The molecule has 1 unspecified atom stereocenters. The van der Waals surface area contributed by atoms with Crippen molar-refractivity contribution < 1.29 is 23.3 Å². The Hall–Kier alpha value is -4.97. The minimum absolute atomic E-state index is 0.0998. The molecule has 1 N–H and O–H groups in total. The van der Waals surface area contributed by atoms with Crippen LogP contribution in [0.3, 0.4) is 0 Å². The lowest BCUT2D eigenvalue weighted by molar-refractivity contribution is -0.137. The SMILES string of the molecule is CC(=O)c1cn(CC(=O)N2C[C@H](F)CC2C(=O)Nc2noc(-c3ccccc3Cl)n2)c2ccc(-c3ccnnc3)cc12. The molecule has 11 nitrogen and oxygen atoms in total. The largest absolute Gasteiger partial charge is 0.337 e. The molecular formula is C29H23ClFN7O4. The van der Waals surface area contributed by atoms with E-state index in [9.17, 15) is 18.8 Å². The zero-order valence-electron chi connectivity index (χ0n) is 22.2. The smallest absolute Gasteiger partial charge is 0.270 e. The van der Waals surface area contributed by atoms with Crippen molar-refractivity contribution in [1.29, 1.82) is 0 Å². The van der Waals surface area contributed by atoms with Gasteiger partial charge in [-0.3, -0.25) is 19.7 Å². The number of nitrogens with zero attached hydrogens (tertiary/aromatic N) is 6. The number of hydrogen-bond acceptors (Lipinski definition) is 8. The molecule has 0 radical (unpaired) electrons. The highest BCUT2D eigenvalue weighted by Gasteiger charge is 2.40. The number of ketones is 1. The van der Waals surface area contributed by atoms with Crippen LogP contribution in [0.2, 0.25) is 5.02 Å². The van der Waals surface area contributed by atoms with Gasteiger partial charge in [0.1, 0.15) is 18.8 Å². The first-order valence-corrected chi connectivity index (χ1v) is 13.4. The minimum atomic E-state index is -1.39. The molecule has 1 saturated heterocycles. The van der Waals surface area contributed by atoms with Gasteiger partial charge in [0.25, 0.3) is 11.8 Å². The fourth-order valence-corrected chi connectivity index (χ4v) is 5.32. The lowest BCUT2D eigenvalue weighted by Gasteiger charge is -2.23. The number of alkyl halides is 1. The Balaban J connectivity index is 1.22. The summed E-state index contributed by atoms with van der Waals surface area (Å²) >= 11 is 6.18. The van der Waals surface area contributed by atoms with Crippen molar-refractivity contribution >= 4 is 46.0 Å². The molecule has 1 aliphatic rings. The number of aromatic nitrogens is 5. The first-order chi connectivity index (χ1) is 20.3. The summed E-state index contributed by atoms with van der Waals surface area (Å²) in [7, 11) is 0. The van der Waals surface area contributed by atoms with E-state index in [0.717, 1.165) is 11.1 Å². The molecule has 2 amide bonds. The summed E-state index contributed by atoms with van der Waals surface area (Å²) in [6.45, 7) is 1.01. The molecule has 6 rings (SSSR count). The summed E-state index contributed by atoms with van der Waals surface area (Å²) in [5.41, 5.74) is 3.23. The van der Waals surface area contributed by atoms with E-state index >= 15 is 0 Å². The molecule has 42 heavy (non-hydrogen) atoms. The molecule has 0 spiro atoms. The lowest BCUT2D eigenvalue weighted by Crippen LogP contribution is -2.44. The molecule has 4 heterocycles. The predicted octanol–water partition coefficient (Wildman–Crippen LogP) is 4.58. The van der Waals surface area contributed by atoms with E-state index in [1.54, 1.807) is 53.5 Å². The first-order valence-electron chi connectivity index (χ1n) is 13.0. The quantitative estimate of drug-likeness (QED) is 0.273. The second kappa shape index (κ2) is 11.1. The van der Waals surface area contributed by atoms with Gasteiger partial charge in [-0.1, -0.05) is 29.8 Å². The number of Topliss-reactive ketones (excluding diaryl/α,β-unsaturated/α-hetero) is 1. The molecule has 0 saturated carbocycles. The van der Waals surface area contributed by atoms with Gasteiger partial charge < -0.3 is 14.0 Å². The zero-order chi connectivity index (χ0) is 29.4. The van der Waals surface area contributed by atoms with Crippen molar-refractivity contribution in [1.82, 2.24) is 29.8 Å². The number of rotatable bonds is 7. The molecule has 3 aromatic heterocycles. The van der Waals surface area contributed by atoms with E-state index < -0.39 is 24.0 Å². The predicted molar refractivity (Wildman–Crippen MR) is 151 cm³/mol. The van der Waals surface area contributed by atoms with Crippen LogP contribution in [-0.4, -0.2) is 66.2 Å². The summed E-state index contributed by atoms with van der Waals surface area (Å²) < 4.78 is 21.4. The minimum Gasteiger partial charge on any atom is -0.337 e. The molecule has 0 aliphatic carbocycles. The fourth-order valence-electron chi connectivity index (χ4n) is 5.11. The number of halogens is 2. The third-order valence-corrected chi connectivity index (χ3v) is 7.45. The van der Waals surface area contributed by atoms with Gasteiger partial charge >= 0.3 is 0 Å². The topological polar surface area (TPSA) is 136 Å². The van der Waals surface area contributed by atoms with E-state index in [0.29, 0.717) is 27.1 Å². The number of carbonyl (C=O) groups excluding carboxylic acids is 3.